The van der Waals surface area contributed by atoms with Crippen LogP contribution in [0.2, 0.25) is 0 Å². The quantitative estimate of drug-likeness (QED) is 0.0675. The van der Waals surface area contributed by atoms with Crippen LogP contribution in [0.25, 0.3) is 0 Å². The van der Waals surface area contributed by atoms with E-state index in [9.17, 15) is 0 Å². The molecule has 0 spiro atoms. The van der Waals surface area contributed by atoms with E-state index in [-0.39, 0.29) is 0 Å². The second-order valence-corrected chi connectivity index (χ2v) is 14.3. The van der Waals surface area contributed by atoms with Crippen LogP contribution in [0.1, 0.15) is 141 Å². The number of nitrogens with two attached hydrogens (primary N) is 2. The van der Waals surface area contributed by atoms with Crippen LogP contribution >= 0.6 is 0 Å². The summed E-state index contributed by atoms with van der Waals surface area (Å²) >= 11 is 0. The van der Waals surface area contributed by atoms with Gasteiger partial charge >= 0.3 is 0 Å². The zero-order chi connectivity index (χ0) is 30.9. The molecular weight excluding hydrogens is 544 g/mol. The average Bonchev–Trinajstić information content (AvgIpc) is 3.05. The van der Waals surface area contributed by atoms with Crippen LogP contribution in [0, 0.1) is 0 Å². The first-order chi connectivity index (χ1) is 21.8. The van der Waals surface area contributed by atoms with Gasteiger partial charge in [-0.05, 0) is 129 Å². The summed E-state index contributed by atoms with van der Waals surface area (Å²) in [5.74, 6) is 0. The maximum atomic E-state index is 5.68. The van der Waals surface area contributed by atoms with E-state index >= 15 is 0 Å². The normalized spacial score (nSPS) is 28.0. The molecule has 0 aromatic heterocycles. The lowest BCUT2D eigenvalue weighted by atomic mass is 9.90. The topological polar surface area (TPSA) is 124 Å². The molecule has 0 amide bonds. The minimum Gasteiger partial charge on any atom is -0.330 e. The van der Waals surface area contributed by atoms with Crippen LogP contribution in [-0.4, -0.2) is 88.6 Å². The summed E-state index contributed by atoms with van der Waals surface area (Å²) in [5.41, 5.74) is 11.4. The molecule has 10 N–H and O–H groups in total. The monoisotopic (exact) mass is 621 g/mol. The molecule has 3 fully saturated rings. The van der Waals surface area contributed by atoms with Gasteiger partial charge in [0, 0.05) is 36.3 Å². The van der Waals surface area contributed by atoms with E-state index in [1.807, 2.05) is 0 Å². The average molecular weight is 621 g/mol. The maximum absolute atomic E-state index is 5.68. The third-order valence-corrected chi connectivity index (χ3v) is 10.7. The molecule has 6 atom stereocenters. The van der Waals surface area contributed by atoms with Crippen molar-refractivity contribution in [2.45, 2.75) is 178 Å². The van der Waals surface area contributed by atoms with Gasteiger partial charge in [0.2, 0.25) is 0 Å². The van der Waals surface area contributed by atoms with E-state index in [4.69, 9.17) is 11.5 Å². The first-order valence-corrected chi connectivity index (χ1v) is 19.6. The summed E-state index contributed by atoms with van der Waals surface area (Å²) in [6, 6.07) is 3.95. The molecule has 0 heterocycles. The molecule has 0 aromatic carbocycles. The lowest BCUT2D eigenvalue weighted by molar-refractivity contribution is 0.278. The molecule has 8 heteroatoms. The van der Waals surface area contributed by atoms with Crippen molar-refractivity contribution in [3.63, 3.8) is 0 Å². The summed E-state index contributed by atoms with van der Waals surface area (Å²) < 4.78 is 0. The molecule has 44 heavy (non-hydrogen) atoms. The molecule has 0 radical (unpaired) electrons. The molecule has 0 bridgehead atoms. The molecule has 0 aromatic rings. The van der Waals surface area contributed by atoms with Crippen LogP contribution in [-0.2, 0) is 0 Å². The maximum Gasteiger partial charge on any atom is 0.0221 e. The van der Waals surface area contributed by atoms with Gasteiger partial charge in [-0.3, -0.25) is 0 Å². The molecule has 0 unspecified atom stereocenters. The molecule has 0 saturated heterocycles. The zero-order valence-electron chi connectivity index (χ0n) is 28.8. The predicted molar refractivity (Wildman–Crippen MR) is 190 cm³/mol. The SMILES string of the molecule is NCCCN[C@@H]1CCCC[C@H]1NCCCCCCN[C@@H]1CCCC[C@H]1NCCCCCCN[C@@H]1CCCC[C@H]1NCCCN. The summed E-state index contributed by atoms with van der Waals surface area (Å²) in [6.07, 6.45) is 29.1. The van der Waals surface area contributed by atoms with Gasteiger partial charge in [-0.2, -0.15) is 0 Å². The van der Waals surface area contributed by atoms with Crippen molar-refractivity contribution < 1.29 is 0 Å². The summed E-state index contributed by atoms with van der Waals surface area (Å²) in [6.45, 7) is 8.43. The van der Waals surface area contributed by atoms with E-state index in [1.54, 1.807) is 0 Å². The van der Waals surface area contributed by atoms with Crippen molar-refractivity contribution in [2.75, 3.05) is 52.4 Å². The highest BCUT2D eigenvalue weighted by Crippen LogP contribution is 2.21. The lowest BCUT2D eigenvalue weighted by Crippen LogP contribution is -2.50. The van der Waals surface area contributed by atoms with Gasteiger partial charge in [-0.15, -0.1) is 0 Å². The highest BCUT2D eigenvalue weighted by Gasteiger charge is 2.25. The fourth-order valence-corrected chi connectivity index (χ4v) is 7.99. The van der Waals surface area contributed by atoms with Crippen LogP contribution < -0.4 is 43.4 Å². The molecular formula is C36H76N8. The van der Waals surface area contributed by atoms with Gasteiger partial charge in [-0.1, -0.05) is 64.2 Å². The second-order valence-electron chi connectivity index (χ2n) is 14.3. The van der Waals surface area contributed by atoms with E-state index < -0.39 is 0 Å². The number of unbranched alkanes of at least 4 members (excludes halogenated alkanes) is 6. The van der Waals surface area contributed by atoms with E-state index in [0.29, 0.717) is 36.3 Å². The van der Waals surface area contributed by atoms with Crippen molar-refractivity contribution in [3.05, 3.63) is 0 Å². The fraction of sp³-hybridized carbons (Fsp3) is 1.00. The van der Waals surface area contributed by atoms with Crippen molar-refractivity contribution in [1.82, 2.24) is 31.9 Å². The molecule has 3 aliphatic rings. The minimum absolute atomic E-state index is 0.646. The standard InChI is InChI=1S/C36H76N8/c37-23-15-29-43-35-21-9-7-19-33(35)41-27-13-3-1-11-25-39-31-17-5-6-18-32(31)40-26-12-2-4-14-28-42-34-20-8-10-22-36(34)44-30-16-24-38/h31-36,39-44H,1-30,37-38H2/t31-,32-,33-,34-,35-,36-/m1/s1. The Kier molecular flexibility index (Phi) is 22.3. The van der Waals surface area contributed by atoms with Gasteiger partial charge in [0.1, 0.15) is 0 Å². The largest absolute Gasteiger partial charge is 0.330 e. The van der Waals surface area contributed by atoms with Gasteiger partial charge in [0.15, 0.2) is 0 Å². The number of hydrogen-bond donors (Lipinski definition) is 8. The van der Waals surface area contributed by atoms with Crippen molar-refractivity contribution in [3.8, 4) is 0 Å². The second kappa shape index (κ2) is 25.7. The summed E-state index contributed by atoms with van der Waals surface area (Å²) in [5, 5.41) is 23.2. The number of hydrogen-bond acceptors (Lipinski definition) is 8. The molecule has 3 saturated carbocycles. The van der Waals surface area contributed by atoms with Gasteiger partial charge < -0.3 is 43.4 Å². The Hall–Kier alpha value is -0.320. The Morgan fingerprint density at radius 2 is 0.500 bits per heavy atom. The smallest absolute Gasteiger partial charge is 0.0221 e. The Labute approximate surface area is 272 Å². The highest BCUT2D eigenvalue weighted by atomic mass is 15.0. The van der Waals surface area contributed by atoms with E-state index in [1.165, 1.54) is 155 Å². The lowest BCUT2D eigenvalue weighted by Gasteiger charge is -2.33. The highest BCUT2D eigenvalue weighted by molar-refractivity contribution is 4.88. The molecule has 0 aliphatic heterocycles. The Balaban J connectivity index is 1.14. The van der Waals surface area contributed by atoms with E-state index in [2.05, 4.69) is 31.9 Å². The molecule has 260 valence electrons. The first-order valence-electron chi connectivity index (χ1n) is 19.6. The Bertz CT molecular complexity index is 598. The van der Waals surface area contributed by atoms with Gasteiger partial charge in [-0.25, -0.2) is 0 Å². The van der Waals surface area contributed by atoms with Gasteiger partial charge in [0.05, 0.1) is 0 Å². The van der Waals surface area contributed by atoms with Gasteiger partial charge in [0.25, 0.3) is 0 Å². The number of rotatable bonds is 26. The fourth-order valence-electron chi connectivity index (χ4n) is 7.99. The van der Waals surface area contributed by atoms with Crippen molar-refractivity contribution in [1.29, 1.82) is 0 Å². The summed E-state index contributed by atoms with van der Waals surface area (Å²) in [4.78, 5) is 0. The third kappa shape index (κ3) is 16.5. The van der Waals surface area contributed by atoms with Crippen molar-refractivity contribution in [2.24, 2.45) is 11.5 Å². The first kappa shape index (κ1) is 38.1. The minimum atomic E-state index is 0.646. The molecule has 3 rings (SSSR count). The van der Waals surface area contributed by atoms with E-state index in [0.717, 1.165) is 39.0 Å². The van der Waals surface area contributed by atoms with Crippen LogP contribution in [0.3, 0.4) is 0 Å². The Morgan fingerprint density at radius 3 is 0.705 bits per heavy atom. The summed E-state index contributed by atoms with van der Waals surface area (Å²) in [7, 11) is 0. The Morgan fingerprint density at radius 1 is 0.295 bits per heavy atom. The zero-order valence-corrected chi connectivity index (χ0v) is 28.8. The van der Waals surface area contributed by atoms with Crippen LogP contribution in [0.4, 0.5) is 0 Å². The van der Waals surface area contributed by atoms with Crippen LogP contribution in [0.15, 0.2) is 0 Å². The van der Waals surface area contributed by atoms with Crippen molar-refractivity contribution >= 4 is 0 Å². The molecule has 8 nitrogen and oxygen atoms in total. The predicted octanol–water partition coefficient (Wildman–Crippen LogP) is 4.28. The third-order valence-electron chi connectivity index (χ3n) is 10.7. The molecule has 3 aliphatic carbocycles. The number of nitrogens with one attached hydrogen (secondary N) is 6. The van der Waals surface area contributed by atoms with Crippen LogP contribution in [0.5, 0.6) is 0 Å².